The van der Waals surface area contributed by atoms with Gasteiger partial charge in [0.25, 0.3) is 0 Å². The molecule has 1 aliphatic heterocycles. The number of allylic oxidation sites excluding steroid dienone is 1. The maximum atomic E-state index is 11.3. The number of Topliss-reactive ketones (excluding diaryl/α,β-unsaturated/α-hetero) is 1. The molecular weight excluding hydrogens is 356 g/mol. The van der Waals surface area contributed by atoms with Crippen LogP contribution >= 0.6 is 0 Å². The van der Waals surface area contributed by atoms with E-state index in [2.05, 4.69) is 13.8 Å². The Kier molecular flexibility index (Phi) is 6.81. The lowest BCUT2D eigenvalue weighted by Crippen LogP contribution is -2.61. The van der Waals surface area contributed by atoms with E-state index < -0.39 is 36.7 Å². The molecule has 0 amide bonds. The predicted molar refractivity (Wildman–Crippen MR) is 94.8 cm³/mol. The number of carboxylic acids is 1. The number of carbonyl (C=O) groups excluding carboxylic acids is 1. The van der Waals surface area contributed by atoms with Crippen molar-refractivity contribution in [2.45, 2.75) is 90.2 Å². The summed E-state index contributed by atoms with van der Waals surface area (Å²) in [5.41, 5.74) is 2.08. The van der Waals surface area contributed by atoms with Crippen molar-refractivity contribution in [2.75, 3.05) is 0 Å². The smallest absolute Gasteiger partial charge is 0.335 e. The largest absolute Gasteiger partial charge is 0.479 e. The molecule has 0 aromatic carbocycles. The summed E-state index contributed by atoms with van der Waals surface area (Å²) >= 11 is 0. The molecule has 8 heteroatoms. The zero-order chi connectivity index (χ0) is 20.5. The van der Waals surface area contributed by atoms with Crippen LogP contribution in [0.25, 0.3) is 0 Å². The second kappa shape index (κ2) is 8.36. The van der Waals surface area contributed by atoms with E-state index >= 15 is 0 Å². The molecule has 1 saturated heterocycles. The molecule has 154 valence electrons. The first-order valence-corrected chi connectivity index (χ1v) is 9.20. The van der Waals surface area contributed by atoms with Crippen LogP contribution in [-0.2, 0) is 19.1 Å². The molecule has 1 fully saturated rings. The average Bonchev–Trinajstić information content (AvgIpc) is 2.53. The van der Waals surface area contributed by atoms with Gasteiger partial charge in [0.1, 0.15) is 24.1 Å². The third-order valence-electron chi connectivity index (χ3n) is 5.47. The van der Waals surface area contributed by atoms with Gasteiger partial charge in [-0.05, 0) is 38.5 Å². The maximum absolute atomic E-state index is 11.3. The van der Waals surface area contributed by atoms with Gasteiger partial charge in [-0.15, -0.1) is 0 Å². The second-order valence-corrected chi connectivity index (χ2v) is 8.25. The molecule has 0 spiro atoms. The molecule has 4 N–H and O–H groups in total. The van der Waals surface area contributed by atoms with Gasteiger partial charge < -0.3 is 34.7 Å². The summed E-state index contributed by atoms with van der Waals surface area (Å²) < 4.78 is 11.0. The van der Waals surface area contributed by atoms with Crippen LogP contribution in [0.5, 0.6) is 0 Å². The van der Waals surface area contributed by atoms with Crippen molar-refractivity contribution in [2.24, 2.45) is 5.41 Å². The van der Waals surface area contributed by atoms with E-state index in [1.807, 2.05) is 6.92 Å². The highest BCUT2D eigenvalue weighted by molar-refractivity contribution is 5.75. The van der Waals surface area contributed by atoms with Crippen LogP contribution in [0, 0.1) is 5.41 Å². The molecule has 0 aromatic rings. The van der Waals surface area contributed by atoms with Gasteiger partial charge in [0.05, 0.1) is 6.10 Å². The van der Waals surface area contributed by atoms with Gasteiger partial charge in [0.15, 0.2) is 12.4 Å². The third-order valence-corrected chi connectivity index (χ3v) is 5.47. The van der Waals surface area contributed by atoms with E-state index in [1.165, 1.54) is 5.57 Å². The van der Waals surface area contributed by atoms with Crippen LogP contribution in [0.3, 0.4) is 0 Å². The molecular formula is C19H30O8. The summed E-state index contributed by atoms with van der Waals surface area (Å²) in [5.74, 6) is -1.30. The lowest BCUT2D eigenvalue weighted by Gasteiger charge is -2.43. The summed E-state index contributed by atoms with van der Waals surface area (Å²) in [5, 5.41) is 38.9. The Labute approximate surface area is 158 Å². The minimum absolute atomic E-state index is 0.135. The van der Waals surface area contributed by atoms with E-state index in [0.29, 0.717) is 25.7 Å². The Hall–Kier alpha value is -1.32. The number of hydrogen-bond acceptors (Lipinski definition) is 7. The van der Waals surface area contributed by atoms with Crippen molar-refractivity contribution in [1.82, 2.24) is 0 Å². The van der Waals surface area contributed by atoms with Gasteiger partial charge in [0, 0.05) is 6.42 Å². The summed E-state index contributed by atoms with van der Waals surface area (Å²) in [4.78, 5) is 22.5. The molecule has 1 aliphatic carbocycles. The molecule has 0 aromatic heterocycles. The minimum atomic E-state index is -1.74. The molecule has 6 atom stereocenters. The maximum Gasteiger partial charge on any atom is 0.335 e. The van der Waals surface area contributed by atoms with Gasteiger partial charge >= 0.3 is 5.97 Å². The number of rotatable bonds is 6. The van der Waals surface area contributed by atoms with Crippen LogP contribution in [0.1, 0.15) is 53.4 Å². The number of hydrogen-bond donors (Lipinski definition) is 4. The van der Waals surface area contributed by atoms with Gasteiger partial charge in [-0.25, -0.2) is 4.79 Å². The van der Waals surface area contributed by atoms with Crippen LogP contribution in [0.15, 0.2) is 11.1 Å². The molecule has 8 nitrogen and oxygen atoms in total. The Bertz CT molecular complexity index is 611. The average molecular weight is 386 g/mol. The predicted octanol–water partition coefficient (Wildman–Crippen LogP) is 0.769. The van der Waals surface area contributed by atoms with Gasteiger partial charge in [0.2, 0.25) is 0 Å². The molecule has 0 radical (unpaired) electrons. The number of ketones is 1. The number of aliphatic hydroxyl groups excluding tert-OH is 3. The lowest BCUT2D eigenvalue weighted by molar-refractivity contribution is -0.306. The number of aliphatic hydroxyl groups is 3. The lowest BCUT2D eigenvalue weighted by atomic mass is 9.70. The summed E-state index contributed by atoms with van der Waals surface area (Å²) in [6.45, 7) is 7.65. The Balaban J connectivity index is 2.11. The minimum Gasteiger partial charge on any atom is -0.479 e. The van der Waals surface area contributed by atoms with E-state index in [9.17, 15) is 24.9 Å². The molecule has 2 aliphatic rings. The second-order valence-electron chi connectivity index (χ2n) is 8.25. The van der Waals surface area contributed by atoms with Crippen molar-refractivity contribution < 1.29 is 39.5 Å². The fourth-order valence-corrected chi connectivity index (χ4v) is 4.11. The number of carbonyl (C=O) groups is 2. The first-order valence-electron chi connectivity index (χ1n) is 9.20. The van der Waals surface area contributed by atoms with Crippen molar-refractivity contribution in [1.29, 1.82) is 0 Å². The van der Waals surface area contributed by atoms with Gasteiger partial charge in [-0.2, -0.15) is 0 Å². The van der Waals surface area contributed by atoms with Crippen LogP contribution in [0.2, 0.25) is 0 Å². The fraction of sp³-hybridized carbons (Fsp3) is 0.789. The first-order chi connectivity index (χ1) is 12.4. The highest BCUT2D eigenvalue weighted by Gasteiger charge is 2.48. The first kappa shape index (κ1) is 22.0. The van der Waals surface area contributed by atoms with Crippen molar-refractivity contribution in [3.05, 3.63) is 11.1 Å². The molecule has 1 heterocycles. The van der Waals surface area contributed by atoms with E-state index in [4.69, 9.17) is 14.6 Å². The van der Waals surface area contributed by atoms with E-state index in [0.717, 1.165) is 5.57 Å². The molecule has 27 heavy (non-hydrogen) atoms. The topological polar surface area (TPSA) is 134 Å². The molecule has 0 saturated carbocycles. The summed E-state index contributed by atoms with van der Waals surface area (Å²) in [7, 11) is 0. The monoisotopic (exact) mass is 386 g/mol. The highest BCUT2D eigenvalue weighted by atomic mass is 16.7. The van der Waals surface area contributed by atoms with Crippen molar-refractivity contribution >= 4 is 11.8 Å². The van der Waals surface area contributed by atoms with Crippen LogP contribution < -0.4 is 0 Å². The third kappa shape index (κ3) is 4.94. The zero-order valence-corrected chi connectivity index (χ0v) is 16.2. The zero-order valence-electron chi connectivity index (χ0n) is 16.2. The number of ether oxygens (including phenoxy) is 2. The SMILES string of the molecule is CC(=O)CCC1=C(C)CC(OC2OC(C(=O)O)C(O)C(O)C2O)CC1(C)C. The van der Waals surface area contributed by atoms with Gasteiger partial charge in [-0.3, -0.25) is 0 Å². The Morgan fingerprint density at radius 1 is 1.19 bits per heavy atom. The molecule has 6 unspecified atom stereocenters. The summed E-state index contributed by atoms with van der Waals surface area (Å²) in [6.07, 6.45) is -6.01. The summed E-state index contributed by atoms with van der Waals surface area (Å²) in [6, 6.07) is 0. The van der Waals surface area contributed by atoms with E-state index in [-0.39, 0.29) is 17.3 Å². The van der Waals surface area contributed by atoms with Crippen LogP contribution in [-0.4, -0.2) is 69.0 Å². The van der Waals surface area contributed by atoms with Crippen molar-refractivity contribution in [3.8, 4) is 0 Å². The number of aliphatic carboxylic acids is 1. The van der Waals surface area contributed by atoms with Crippen molar-refractivity contribution in [3.63, 3.8) is 0 Å². The Morgan fingerprint density at radius 2 is 1.81 bits per heavy atom. The molecule has 2 rings (SSSR count). The molecule has 0 bridgehead atoms. The normalized spacial score (nSPS) is 36.6. The highest BCUT2D eigenvalue weighted by Crippen LogP contribution is 2.44. The van der Waals surface area contributed by atoms with Gasteiger partial charge in [-0.1, -0.05) is 25.0 Å². The fourth-order valence-electron chi connectivity index (χ4n) is 4.11. The quantitative estimate of drug-likeness (QED) is 0.492. The Morgan fingerprint density at radius 3 is 2.33 bits per heavy atom. The standard InChI is InChI=1S/C19H30O8/c1-9-7-11(8-19(3,4)12(9)6-5-10(2)20)26-18-15(23)13(21)14(22)16(27-18)17(24)25/h11,13-16,18,21-23H,5-8H2,1-4H3,(H,24,25). The van der Waals surface area contributed by atoms with Crippen LogP contribution in [0.4, 0.5) is 0 Å². The van der Waals surface area contributed by atoms with E-state index in [1.54, 1.807) is 6.92 Å². The number of carboxylic acid groups (broad SMARTS) is 1.